The van der Waals surface area contributed by atoms with Gasteiger partial charge in [0.05, 0.1) is 0 Å². The molecule has 0 spiro atoms. The summed E-state index contributed by atoms with van der Waals surface area (Å²) in [6.07, 6.45) is 5.64. The molecule has 2 rings (SSSR count). The Bertz CT molecular complexity index is 540. The minimum Gasteiger partial charge on any atom is -0.307 e. The van der Waals surface area contributed by atoms with Crippen LogP contribution in [0.3, 0.4) is 0 Å². The Hall–Kier alpha value is -1.80. The first kappa shape index (κ1) is 10.7. The Morgan fingerprint density at radius 3 is 2.56 bits per heavy atom. The van der Waals surface area contributed by atoms with Gasteiger partial charge in [0.25, 0.3) is 0 Å². The Morgan fingerprint density at radius 1 is 1.31 bits per heavy atom. The predicted molar refractivity (Wildman–Crippen MR) is 62.6 cm³/mol. The summed E-state index contributed by atoms with van der Waals surface area (Å²) in [6.45, 7) is 1.83. The van der Waals surface area contributed by atoms with Gasteiger partial charge >= 0.3 is 0 Å². The second-order valence-electron chi connectivity index (χ2n) is 3.18. The maximum absolute atomic E-state index is 9.16. The molecule has 0 aliphatic heterocycles. The van der Waals surface area contributed by atoms with Crippen LogP contribution in [0.1, 0.15) is 11.4 Å². The third-order valence-corrected chi connectivity index (χ3v) is 2.80. The van der Waals surface area contributed by atoms with Gasteiger partial charge in [-0.25, -0.2) is 9.97 Å². The average molecular weight is 230 g/mol. The van der Waals surface area contributed by atoms with E-state index in [1.54, 1.807) is 0 Å². The van der Waals surface area contributed by atoms with Crippen molar-refractivity contribution in [1.29, 1.82) is 5.26 Å². The molecule has 0 aliphatic rings. The lowest BCUT2D eigenvalue weighted by molar-refractivity contribution is 0.888. The van der Waals surface area contributed by atoms with Crippen LogP contribution >= 0.6 is 11.8 Å². The molecule has 2 heterocycles. The molecule has 4 nitrogen and oxygen atoms in total. The van der Waals surface area contributed by atoms with Gasteiger partial charge in [-0.3, -0.25) is 0 Å². The van der Waals surface area contributed by atoms with Crippen LogP contribution in [0.25, 0.3) is 5.82 Å². The van der Waals surface area contributed by atoms with E-state index in [0.29, 0.717) is 17.2 Å². The van der Waals surface area contributed by atoms with Gasteiger partial charge in [0.2, 0.25) is 0 Å². The average Bonchev–Trinajstić information content (AvgIpc) is 2.81. The molecule has 0 fully saturated rings. The van der Waals surface area contributed by atoms with Crippen molar-refractivity contribution in [2.45, 2.75) is 11.9 Å². The number of nitrogens with zero attached hydrogens (tertiary/aromatic N) is 4. The third-order valence-electron chi connectivity index (χ3n) is 2.12. The van der Waals surface area contributed by atoms with Crippen LogP contribution in [0, 0.1) is 18.3 Å². The maximum Gasteiger partial charge on any atom is 0.159 e. The summed E-state index contributed by atoms with van der Waals surface area (Å²) in [5.41, 5.74) is 0.523. The number of hydrogen-bond acceptors (Lipinski definition) is 4. The summed E-state index contributed by atoms with van der Waals surface area (Å²) >= 11 is 1.46. The fourth-order valence-electron chi connectivity index (χ4n) is 1.44. The van der Waals surface area contributed by atoms with Gasteiger partial charge in [-0.15, -0.1) is 11.8 Å². The molecule has 80 valence electrons. The van der Waals surface area contributed by atoms with E-state index in [1.807, 2.05) is 42.3 Å². The predicted octanol–water partition coefficient (Wildman–Crippen LogP) is 2.17. The fraction of sp³-hybridized carbons (Fsp3) is 0.182. The normalized spacial score (nSPS) is 10.1. The largest absolute Gasteiger partial charge is 0.307 e. The highest BCUT2D eigenvalue weighted by Gasteiger charge is 2.12. The smallest absolute Gasteiger partial charge is 0.159 e. The maximum atomic E-state index is 9.16. The molecule has 0 saturated carbocycles. The van der Waals surface area contributed by atoms with Crippen LogP contribution in [-0.2, 0) is 0 Å². The van der Waals surface area contributed by atoms with Crippen molar-refractivity contribution in [1.82, 2.24) is 14.5 Å². The quantitative estimate of drug-likeness (QED) is 0.586. The van der Waals surface area contributed by atoms with Crippen molar-refractivity contribution in [3.05, 3.63) is 35.9 Å². The summed E-state index contributed by atoms with van der Waals surface area (Å²) < 4.78 is 1.83. The van der Waals surface area contributed by atoms with Crippen LogP contribution in [0.5, 0.6) is 0 Å². The van der Waals surface area contributed by atoms with Gasteiger partial charge in [-0.2, -0.15) is 5.26 Å². The minimum atomic E-state index is 0.523. The second-order valence-corrected chi connectivity index (χ2v) is 3.98. The molecule has 0 amide bonds. The molecular formula is C11H10N4S. The molecule has 0 atom stereocenters. The summed E-state index contributed by atoms with van der Waals surface area (Å²) in [5, 5.41) is 9.88. The molecular weight excluding hydrogens is 220 g/mol. The van der Waals surface area contributed by atoms with Gasteiger partial charge < -0.3 is 4.57 Å². The van der Waals surface area contributed by atoms with Crippen LogP contribution in [0.4, 0.5) is 0 Å². The number of aryl methyl sites for hydroxylation is 1. The van der Waals surface area contributed by atoms with Crippen molar-refractivity contribution in [3.63, 3.8) is 0 Å². The number of hydrogen-bond donors (Lipinski definition) is 0. The Balaban J connectivity index is 2.69. The first-order valence-electron chi connectivity index (χ1n) is 4.72. The molecule has 2 aromatic rings. The lowest BCUT2D eigenvalue weighted by Gasteiger charge is -2.08. The number of thioether (sulfide) groups is 1. The van der Waals surface area contributed by atoms with E-state index in [2.05, 4.69) is 16.0 Å². The zero-order chi connectivity index (χ0) is 11.5. The second kappa shape index (κ2) is 4.37. The zero-order valence-electron chi connectivity index (χ0n) is 9.01. The Labute approximate surface area is 98.0 Å². The molecule has 0 saturated heterocycles. The van der Waals surface area contributed by atoms with Crippen molar-refractivity contribution in [2.24, 2.45) is 0 Å². The lowest BCUT2D eigenvalue weighted by Crippen LogP contribution is -2.04. The van der Waals surface area contributed by atoms with Gasteiger partial charge in [0.1, 0.15) is 22.5 Å². The van der Waals surface area contributed by atoms with E-state index in [1.165, 1.54) is 11.8 Å². The van der Waals surface area contributed by atoms with Crippen molar-refractivity contribution < 1.29 is 0 Å². The standard InChI is InChI=1S/C11H10N4S/c1-8-13-10(15-5-3-4-6-15)9(7-12)11(14-8)16-2/h3-6H,1-2H3. The van der Waals surface area contributed by atoms with Crippen LogP contribution in [0.15, 0.2) is 29.6 Å². The molecule has 5 heteroatoms. The minimum absolute atomic E-state index is 0.523. The van der Waals surface area contributed by atoms with Crippen molar-refractivity contribution in [3.8, 4) is 11.9 Å². The molecule has 16 heavy (non-hydrogen) atoms. The van der Waals surface area contributed by atoms with E-state index >= 15 is 0 Å². The van der Waals surface area contributed by atoms with E-state index in [0.717, 1.165) is 5.03 Å². The summed E-state index contributed by atoms with van der Waals surface area (Å²) in [4.78, 5) is 8.56. The third kappa shape index (κ3) is 1.79. The van der Waals surface area contributed by atoms with Gasteiger partial charge in [0, 0.05) is 12.4 Å². The zero-order valence-corrected chi connectivity index (χ0v) is 9.82. The summed E-state index contributed by atoms with van der Waals surface area (Å²) in [7, 11) is 0. The number of aromatic nitrogens is 3. The van der Waals surface area contributed by atoms with Gasteiger partial charge in [0.15, 0.2) is 5.82 Å². The van der Waals surface area contributed by atoms with Gasteiger partial charge in [-0.1, -0.05) is 0 Å². The topological polar surface area (TPSA) is 54.5 Å². The highest BCUT2D eigenvalue weighted by molar-refractivity contribution is 7.98. The molecule has 2 aromatic heterocycles. The van der Waals surface area contributed by atoms with Crippen LogP contribution in [0.2, 0.25) is 0 Å². The van der Waals surface area contributed by atoms with Crippen LogP contribution < -0.4 is 0 Å². The van der Waals surface area contributed by atoms with Crippen molar-refractivity contribution >= 4 is 11.8 Å². The number of rotatable bonds is 2. The molecule has 0 radical (unpaired) electrons. The van der Waals surface area contributed by atoms with E-state index in [4.69, 9.17) is 5.26 Å². The molecule has 0 N–H and O–H groups in total. The SMILES string of the molecule is CSc1nc(C)nc(-n2cccc2)c1C#N. The van der Waals surface area contributed by atoms with E-state index in [-0.39, 0.29) is 0 Å². The highest BCUT2D eigenvalue weighted by Crippen LogP contribution is 2.22. The van der Waals surface area contributed by atoms with Crippen LogP contribution in [-0.4, -0.2) is 20.8 Å². The van der Waals surface area contributed by atoms with Gasteiger partial charge in [-0.05, 0) is 25.3 Å². The monoisotopic (exact) mass is 230 g/mol. The molecule has 0 aliphatic carbocycles. The summed E-state index contributed by atoms with van der Waals surface area (Å²) in [5.74, 6) is 1.32. The first-order chi connectivity index (χ1) is 7.76. The molecule has 0 aromatic carbocycles. The Morgan fingerprint density at radius 2 is 2.00 bits per heavy atom. The van der Waals surface area contributed by atoms with E-state index in [9.17, 15) is 0 Å². The fourth-order valence-corrected chi connectivity index (χ4v) is 2.01. The van der Waals surface area contributed by atoms with E-state index < -0.39 is 0 Å². The molecule has 0 unspecified atom stereocenters. The first-order valence-corrected chi connectivity index (χ1v) is 5.95. The number of nitriles is 1. The van der Waals surface area contributed by atoms with Crippen molar-refractivity contribution in [2.75, 3.05) is 6.26 Å². The summed E-state index contributed by atoms with van der Waals surface area (Å²) in [6, 6.07) is 5.96. The highest BCUT2D eigenvalue weighted by atomic mass is 32.2. The lowest BCUT2D eigenvalue weighted by atomic mass is 10.3. The Kier molecular flexibility index (Phi) is 2.93. The molecule has 0 bridgehead atoms.